The van der Waals surface area contributed by atoms with Gasteiger partial charge in [-0.05, 0) is 18.0 Å². The minimum atomic E-state index is -3.67. The molecule has 1 unspecified atom stereocenters. The Morgan fingerprint density at radius 1 is 1.64 bits per heavy atom. The molecule has 2 N–H and O–H groups in total. The molecule has 0 bridgehead atoms. The van der Waals surface area contributed by atoms with Crippen LogP contribution in [0.4, 0.5) is 14.6 Å². The highest BCUT2D eigenvalue weighted by atomic mass is 19.3. The van der Waals surface area contributed by atoms with Gasteiger partial charge in [0.15, 0.2) is 6.10 Å². The summed E-state index contributed by atoms with van der Waals surface area (Å²) in [5, 5.41) is 3.14. The first-order chi connectivity index (χ1) is 11.8. The number of hydrogen-bond donors (Lipinski definition) is 1. The molecule has 0 amide bonds. The van der Waals surface area contributed by atoms with Crippen LogP contribution in [0.2, 0.25) is 0 Å². The number of halogens is 2. The minimum absolute atomic E-state index is 0.115. The van der Waals surface area contributed by atoms with E-state index in [1.165, 1.54) is 6.07 Å². The standard InChI is InChI=1S/C13H16F2N6O4/c1-2-7-10(25-9(22)3-5-18-20-17)13(14,15)11(24-7)21-6-4-8(16)19-12(21)23/h4,6-7,10-11H,2-3,5H2,1H3,(H2,16,19,23)/t7-,10?,11-/m1/s1. The molecule has 3 atom stereocenters. The number of hydrogen-bond acceptors (Lipinski definition) is 7. The summed E-state index contributed by atoms with van der Waals surface area (Å²) in [5.41, 5.74) is 12.5. The summed E-state index contributed by atoms with van der Waals surface area (Å²) in [4.78, 5) is 29.3. The Morgan fingerprint density at radius 2 is 2.36 bits per heavy atom. The monoisotopic (exact) mass is 358 g/mol. The number of carbonyl (C=O) groups excluding carboxylic acids is 1. The molecular weight excluding hydrogens is 342 g/mol. The number of nitrogens with zero attached hydrogens (tertiary/aromatic N) is 5. The Hall–Kier alpha value is -2.72. The lowest BCUT2D eigenvalue weighted by atomic mass is 10.1. The summed E-state index contributed by atoms with van der Waals surface area (Å²) in [6, 6.07) is 1.18. The molecule has 1 fully saturated rings. The van der Waals surface area contributed by atoms with Gasteiger partial charge in [-0.25, -0.2) is 4.79 Å². The van der Waals surface area contributed by atoms with Crippen LogP contribution in [0, 0.1) is 0 Å². The van der Waals surface area contributed by atoms with Crippen molar-refractivity contribution < 1.29 is 23.0 Å². The molecule has 0 radical (unpaired) electrons. The maximum Gasteiger partial charge on any atom is 0.351 e. The van der Waals surface area contributed by atoms with Crippen molar-refractivity contribution >= 4 is 11.8 Å². The molecule has 1 aromatic rings. The van der Waals surface area contributed by atoms with Crippen molar-refractivity contribution in [2.45, 2.75) is 44.1 Å². The molecule has 0 aromatic carbocycles. The fourth-order valence-corrected chi connectivity index (χ4v) is 2.42. The summed E-state index contributed by atoms with van der Waals surface area (Å²) in [5.74, 6) is -4.74. The Kier molecular flexibility index (Phi) is 5.55. The highest BCUT2D eigenvalue weighted by molar-refractivity contribution is 5.70. The second-order valence-corrected chi connectivity index (χ2v) is 5.27. The number of esters is 1. The lowest BCUT2D eigenvalue weighted by Crippen LogP contribution is -2.43. The van der Waals surface area contributed by atoms with Crippen LogP contribution in [-0.2, 0) is 14.3 Å². The Labute approximate surface area is 140 Å². The third kappa shape index (κ3) is 3.86. The molecule has 1 aliphatic heterocycles. The van der Waals surface area contributed by atoms with E-state index in [0.29, 0.717) is 4.57 Å². The molecule has 10 nitrogen and oxygen atoms in total. The van der Waals surface area contributed by atoms with Gasteiger partial charge in [0.2, 0.25) is 6.23 Å². The normalized spacial score (nSPS) is 24.5. The fraction of sp³-hybridized carbons (Fsp3) is 0.615. The van der Waals surface area contributed by atoms with E-state index in [2.05, 4.69) is 15.0 Å². The smallest absolute Gasteiger partial charge is 0.351 e. The molecule has 0 spiro atoms. The zero-order valence-electron chi connectivity index (χ0n) is 13.2. The summed E-state index contributed by atoms with van der Waals surface area (Å²) >= 11 is 0. The summed E-state index contributed by atoms with van der Waals surface area (Å²) in [7, 11) is 0. The number of ether oxygens (including phenoxy) is 2. The molecule has 0 saturated carbocycles. The van der Waals surface area contributed by atoms with Gasteiger partial charge in [-0.3, -0.25) is 9.36 Å². The van der Waals surface area contributed by atoms with Crippen LogP contribution in [-0.4, -0.2) is 40.2 Å². The number of nitrogens with two attached hydrogens (primary N) is 1. The highest BCUT2D eigenvalue weighted by Crippen LogP contribution is 2.44. The molecule has 1 aliphatic rings. The van der Waals surface area contributed by atoms with E-state index in [9.17, 15) is 18.4 Å². The SMILES string of the molecule is CC[C@H]1O[C@@H](n2ccc(N)nc2=O)C(F)(F)C1OC(=O)CCN=[N+]=[N-]. The molecule has 1 aromatic heterocycles. The molecule has 136 valence electrons. The zero-order chi connectivity index (χ0) is 18.6. The summed E-state index contributed by atoms with van der Waals surface area (Å²) in [6.07, 6.45) is -4.16. The van der Waals surface area contributed by atoms with E-state index in [1.54, 1.807) is 6.92 Å². The molecule has 2 heterocycles. The van der Waals surface area contributed by atoms with E-state index in [1.807, 2.05) is 0 Å². The lowest BCUT2D eigenvalue weighted by Gasteiger charge is -2.24. The molecule has 12 heteroatoms. The van der Waals surface area contributed by atoms with Gasteiger partial charge in [0.1, 0.15) is 11.9 Å². The number of alkyl halides is 2. The van der Waals surface area contributed by atoms with Crippen molar-refractivity contribution in [2.75, 3.05) is 12.3 Å². The highest BCUT2D eigenvalue weighted by Gasteiger charge is 2.61. The van der Waals surface area contributed by atoms with E-state index < -0.39 is 36.0 Å². The second-order valence-electron chi connectivity index (χ2n) is 5.27. The Morgan fingerprint density at radius 3 is 2.96 bits per heavy atom. The average molecular weight is 358 g/mol. The van der Waals surface area contributed by atoms with Crippen LogP contribution in [0.15, 0.2) is 22.2 Å². The number of anilines is 1. The molecule has 1 saturated heterocycles. The van der Waals surface area contributed by atoms with Gasteiger partial charge >= 0.3 is 17.6 Å². The molecule has 0 aliphatic carbocycles. The van der Waals surface area contributed by atoms with Crippen LogP contribution in [0.25, 0.3) is 10.4 Å². The van der Waals surface area contributed by atoms with E-state index in [-0.39, 0.29) is 25.2 Å². The van der Waals surface area contributed by atoms with Crippen molar-refractivity contribution in [3.05, 3.63) is 33.2 Å². The van der Waals surface area contributed by atoms with Crippen LogP contribution in [0.3, 0.4) is 0 Å². The lowest BCUT2D eigenvalue weighted by molar-refractivity contribution is -0.176. The van der Waals surface area contributed by atoms with Gasteiger partial charge in [0, 0.05) is 17.7 Å². The van der Waals surface area contributed by atoms with Crippen LogP contribution in [0.5, 0.6) is 0 Å². The quantitative estimate of drug-likeness (QED) is 0.352. The third-order valence-corrected chi connectivity index (χ3v) is 3.59. The average Bonchev–Trinajstić information content (AvgIpc) is 2.79. The maximum absolute atomic E-state index is 14.7. The van der Waals surface area contributed by atoms with Crippen molar-refractivity contribution in [1.29, 1.82) is 0 Å². The first-order valence-corrected chi connectivity index (χ1v) is 7.39. The summed E-state index contributed by atoms with van der Waals surface area (Å²) in [6.45, 7) is 1.37. The number of aromatic nitrogens is 2. The number of carbonyl (C=O) groups is 1. The predicted octanol–water partition coefficient (Wildman–Crippen LogP) is 1.38. The van der Waals surface area contributed by atoms with Crippen LogP contribution >= 0.6 is 0 Å². The second kappa shape index (κ2) is 7.45. The fourth-order valence-electron chi connectivity index (χ4n) is 2.42. The first-order valence-electron chi connectivity index (χ1n) is 7.39. The minimum Gasteiger partial charge on any atom is -0.453 e. The Balaban J connectivity index is 2.24. The van der Waals surface area contributed by atoms with Gasteiger partial charge < -0.3 is 15.2 Å². The number of azide groups is 1. The van der Waals surface area contributed by atoms with Crippen molar-refractivity contribution in [3.8, 4) is 0 Å². The summed E-state index contributed by atoms with van der Waals surface area (Å²) < 4.78 is 40.1. The number of nitrogen functional groups attached to an aromatic ring is 1. The van der Waals surface area contributed by atoms with E-state index in [0.717, 1.165) is 6.20 Å². The van der Waals surface area contributed by atoms with Gasteiger partial charge in [0.25, 0.3) is 0 Å². The van der Waals surface area contributed by atoms with Gasteiger partial charge in [-0.2, -0.15) is 13.8 Å². The van der Waals surface area contributed by atoms with E-state index >= 15 is 0 Å². The van der Waals surface area contributed by atoms with Crippen LogP contribution < -0.4 is 11.4 Å². The van der Waals surface area contributed by atoms with Crippen molar-refractivity contribution in [2.24, 2.45) is 5.11 Å². The van der Waals surface area contributed by atoms with Gasteiger partial charge in [-0.15, -0.1) is 0 Å². The largest absolute Gasteiger partial charge is 0.453 e. The van der Waals surface area contributed by atoms with Crippen molar-refractivity contribution in [3.63, 3.8) is 0 Å². The maximum atomic E-state index is 14.7. The van der Waals surface area contributed by atoms with Gasteiger partial charge in [0.05, 0.1) is 6.42 Å². The third-order valence-electron chi connectivity index (χ3n) is 3.59. The predicted molar refractivity (Wildman–Crippen MR) is 80.6 cm³/mol. The van der Waals surface area contributed by atoms with Crippen molar-refractivity contribution in [1.82, 2.24) is 9.55 Å². The zero-order valence-corrected chi connectivity index (χ0v) is 13.2. The van der Waals surface area contributed by atoms with Crippen LogP contribution in [0.1, 0.15) is 26.0 Å². The first kappa shape index (κ1) is 18.6. The molecular formula is C13H16F2N6O4. The number of rotatable bonds is 6. The Bertz CT molecular complexity index is 748. The van der Waals surface area contributed by atoms with Gasteiger partial charge in [-0.1, -0.05) is 12.0 Å². The van der Waals surface area contributed by atoms with E-state index in [4.69, 9.17) is 20.7 Å². The molecule has 2 rings (SSSR count). The molecule has 25 heavy (non-hydrogen) atoms. The topological polar surface area (TPSA) is 145 Å².